The Morgan fingerprint density at radius 3 is 2.62 bits per heavy atom. The van der Waals surface area contributed by atoms with E-state index >= 15 is 0 Å². The number of nitrogen functional groups attached to an aromatic ring is 1. The molecule has 0 radical (unpaired) electrons. The van der Waals surface area contributed by atoms with Crippen LogP contribution in [0, 0.1) is 0 Å². The highest BCUT2D eigenvalue weighted by atomic mass is 35.5. The third-order valence-corrected chi connectivity index (χ3v) is 3.20. The number of nitrogens with two attached hydrogens (primary N) is 1. The van der Waals surface area contributed by atoms with Crippen molar-refractivity contribution in [3.63, 3.8) is 0 Å². The molecule has 0 amide bonds. The fraction of sp³-hybridized carbons (Fsp3) is 0.500. The van der Waals surface area contributed by atoms with Gasteiger partial charge in [0.15, 0.2) is 5.82 Å². The summed E-state index contributed by atoms with van der Waals surface area (Å²) < 4.78 is 0. The Labute approximate surface area is 106 Å². The summed E-state index contributed by atoms with van der Waals surface area (Å²) in [5.74, 6) is 6.42. The summed E-state index contributed by atoms with van der Waals surface area (Å²) in [5.41, 5.74) is 2.45. The summed E-state index contributed by atoms with van der Waals surface area (Å²) in [6.07, 6.45) is 1.00. The van der Waals surface area contributed by atoms with Crippen molar-refractivity contribution in [3.05, 3.63) is 16.1 Å². The third kappa shape index (κ3) is 2.70. The molecule has 0 fully saturated rings. The summed E-state index contributed by atoms with van der Waals surface area (Å²) in [4.78, 5) is 6.28. The number of aromatic nitrogens is 1. The van der Waals surface area contributed by atoms with Gasteiger partial charge in [-0.3, -0.25) is 0 Å². The van der Waals surface area contributed by atoms with E-state index in [4.69, 9.17) is 29.0 Å². The van der Waals surface area contributed by atoms with Gasteiger partial charge in [-0.15, -0.1) is 0 Å². The van der Waals surface area contributed by atoms with Gasteiger partial charge in [0.05, 0.1) is 10.0 Å². The smallest absolute Gasteiger partial charge is 0.161 e. The zero-order valence-electron chi connectivity index (χ0n) is 9.59. The first-order valence-electron chi connectivity index (χ1n) is 5.06. The Morgan fingerprint density at radius 2 is 2.12 bits per heavy atom. The van der Waals surface area contributed by atoms with Gasteiger partial charge in [0.2, 0.25) is 0 Å². The molecule has 1 aromatic rings. The fourth-order valence-corrected chi connectivity index (χ4v) is 1.83. The van der Waals surface area contributed by atoms with E-state index in [9.17, 15) is 0 Å². The van der Waals surface area contributed by atoms with E-state index in [1.165, 1.54) is 0 Å². The normalized spacial score (nSPS) is 12.4. The van der Waals surface area contributed by atoms with Crippen LogP contribution >= 0.6 is 23.2 Å². The fourth-order valence-electron chi connectivity index (χ4n) is 1.29. The molecule has 1 atom stereocenters. The molecule has 0 aromatic carbocycles. The Morgan fingerprint density at radius 1 is 1.50 bits per heavy atom. The van der Waals surface area contributed by atoms with E-state index in [2.05, 4.69) is 24.3 Å². The molecule has 3 N–H and O–H groups in total. The van der Waals surface area contributed by atoms with E-state index in [-0.39, 0.29) is 0 Å². The highest BCUT2D eigenvalue weighted by Gasteiger charge is 2.15. The van der Waals surface area contributed by atoms with Crippen molar-refractivity contribution in [1.29, 1.82) is 0 Å². The number of hydrogen-bond donors (Lipinski definition) is 2. The number of nitrogens with one attached hydrogen (secondary N) is 1. The minimum Gasteiger partial charge on any atom is -0.356 e. The average molecular weight is 263 g/mol. The number of hydrazine groups is 1. The lowest BCUT2D eigenvalue weighted by Gasteiger charge is -2.26. The third-order valence-electron chi connectivity index (χ3n) is 2.63. The molecule has 1 aromatic heterocycles. The lowest BCUT2D eigenvalue weighted by molar-refractivity contribution is 0.657. The predicted molar refractivity (Wildman–Crippen MR) is 70.2 cm³/mol. The summed E-state index contributed by atoms with van der Waals surface area (Å²) in [6.45, 7) is 4.20. The topological polar surface area (TPSA) is 54.2 Å². The first-order valence-corrected chi connectivity index (χ1v) is 5.82. The van der Waals surface area contributed by atoms with Crippen molar-refractivity contribution >= 4 is 34.8 Å². The number of halogens is 2. The van der Waals surface area contributed by atoms with Gasteiger partial charge in [0.25, 0.3) is 0 Å². The van der Waals surface area contributed by atoms with Crippen LogP contribution in [0.3, 0.4) is 0 Å². The van der Waals surface area contributed by atoms with E-state index in [0.717, 1.165) is 6.42 Å². The zero-order chi connectivity index (χ0) is 12.3. The van der Waals surface area contributed by atoms with Gasteiger partial charge in [-0.2, -0.15) is 0 Å². The second-order valence-corrected chi connectivity index (χ2v) is 4.45. The number of nitrogens with zero attached hydrogens (tertiary/aromatic N) is 2. The van der Waals surface area contributed by atoms with Gasteiger partial charge in [-0.25, -0.2) is 10.8 Å². The second-order valence-electron chi connectivity index (χ2n) is 3.64. The van der Waals surface area contributed by atoms with Crippen LogP contribution in [-0.4, -0.2) is 18.1 Å². The summed E-state index contributed by atoms with van der Waals surface area (Å²) in [6, 6.07) is 1.98. The second kappa shape index (κ2) is 5.57. The van der Waals surface area contributed by atoms with Crippen molar-refractivity contribution in [3.8, 4) is 0 Å². The average Bonchev–Trinajstić information content (AvgIpc) is 2.27. The van der Waals surface area contributed by atoms with Crippen LogP contribution in [0.4, 0.5) is 11.6 Å². The monoisotopic (exact) mass is 262 g/mol. The van der Waals surface area contributed by atoms with Gasteiger partial charge < -0.3 is 10.3 Å². The molecule has 1 heterocycles. The van der Waals surface area contributed by atoms with Gasteiger partial charge in [-0.05, 0) is 19.4 Å². The minimum absolute atomic E-state index is 0.344. The van der Waals surface area contributed by atoms with Crippen molar-refractivity contribution < 1.29 is 0 Å². The molecule has 0 bridgehead atoms. The Hall–Kier alpha value is -0.710. The van der Waals surface area contributed by atoms with Gasteiger partial charge in [0.1, 0.15) is 5.82 Å². The summed E-state index contributed by atoms with van der Waals surface area (Å²) in [7, 11) is 1.94. The van der Waals surface area contributed by atoms with Gasteiger partial charge in [-0.1, -0.05) is 30.1 Å². The molecular weight excluding hydrogens is 247 g/mol. The van der Waals surface area contributed by atoms with Crippen molar-refractivity contribution in [2.75, 3.05) is 17.4 Å². The lowest BCUT2D eigenvalue weighted by Crippen LogP contribution is -2.29. The number of rotatable bonds is 4. The minimum atomic E-state index is 0.344. The lowest BCUT2D eigenvalue weighted by atomic mass is 10.2. The molecule has 0 spiro atoms. The quantitative estimate of drug-likeness (QED) is 0.647. The van der Waals surface area contributed by atoms with Crippen LogP contribution < -0.4 is 16.2 Å². The van der Waals surface area contributed by atoms with Crippen LogP contribution in [-0.2, 0) is 0 Å². The Bertz CT molecular complexity index is 370. The number of hydrogen-bond acceptors (Lipinski definition) is 4. The summed E-state index contributed by atoms with van der Waals surface area (Å²) in [5, 5.41) is 0.931. The number of anilines is 2. The first kappa shape index (κ1) is 13.4. The van der Waals surface area contributed by atoms with Crippen molar-refractivity contribution in [2.24, 2.45) is 5.84 Å². The van der Waals surface area contributed by atoms with Crippen LogP contribution in [0.1, 0.15) is 20.3 Å². The van der Waals surface area contributed by atoms with Crippen molar-refractivity contribution in [1.82, 2.24) is 4.98 Å². The molecule has 0 aliphatic heterocycles. The Balaban J connectivity index is 3.13. The van der Waals surface area contributed by atoms with E-state index in [0.29, 0.717) is 27.7 Å². The van der Waals surface area contributed by atoms with Crippen LogP contribution in [0.15, 0.2) is 6.07 Å². The number of pyridine rings is 1. The van der Waals surface area contributed by atoms with E-state index in [1.54, 1.807) is 6.07 Å². The molecule has 0 saturated heterocycles. The van der Waals surface area contributed by atoms with E-state index < -0.39 is 0 Å². The van der Waals surface area contributed by atoms with E-state index in [1.807, 2.05) is 11.9 Å². The maximum Gasteiger partial charge on any atom is 0.161 e. The standard InChI is InChI=1S/C10H16Cl2N4/c1-4-6(2)16(3)10-8(12)5-7(11)9(14-10)15-13/h5-6H,4,13H2,1-3H3,(H,14,15). The molecule has 90 valence electrons. The molecule has 0 aliphatic rings. The van der Waals surface area contributed by atoms with Gasteiger partial charge >= 0.3 is 0 Å². The van der Waals surface area contributed by atoms with Crippen LogP contribution in [0.5, 0.6) is 0 Å². The Kier molecular flexibility index (Phi) is 4.65. The predicted octanol–water partition coefficient (Wildman–Crippen LogP) is 2.91. The molecular formula is C10H16Cl2N4. The van der Waals surface area contributed by atoms with Crippen LogP contribution in [0.2, 0.25) is 10.0 Å². The largest absolute Gasteiger partial charge is 0.356 e. The molecule has 4 nitrogen and oxygen atoms in total. The molecule has 0 saturated carbocycles. The van der Waals surface area contributed by atoms with Crippen LogP contribution in [0.25, 0.3) is 0 Å². The first-order chi connectivity index (χ1) is 7.51. The highest BCUT2D eigenvalue weighted by molar-refractivity contribution is 6.37. The van der Waals surface area contributed by atoms with Crippen molar-refractivity contribution in [2.45, 2.75) is 26.3 Å². The zero-order valence-corrected chi connectivity index (χ0v) is 11.1. The molecule has 1 unspecified atom stereocenters. The van der Waals surface area contributed by atoms with Gasteiger partial charge in [0, 0.05) is 13.1 Å². The maximum absolute atomic E-state index is 6.10. The maximum atomic E-state index is 6.10. The molecule has 0 aliphatic carbocycles. The highest BCUT2D eigenvalue weighted by Crippen LogP contribution is 2.31. The SMILES string of the molecule is CCC(C)N(C)c1nc(NN)c(Cl)cc1Cl. The molecule has 1 rings (SSSR count). The molecule has 6 heteroatoms. The summed E-state index contributed by atoms with van der Waals surface area (Å²) >= 11 is 12.0. The molecule has 16 heavy (non-hydrogen) atoms.